The number of alkyl halides is 12. The molecule has 4 saturated heterocycles. The van der Waals surface area contributed by atoms with Gasteiger partial charge in [0.2, 0.25) is 0 Å². The fraction of sp³-hybridized carbons (Fsp3) is 0.500. The molecule has 0 aromatic heterocycles. The summed E-state index contributed by atoms with van der Waals surface area (Å²) < 4.78 is 230. The van der Waals surface area contributed by atoms with Gasteiger partial charge in [-0.25, -0.2) is 9.59 Å². The molecule has 30 heteroatoms. The van der Waals surface area contributed by atoms with E-state index >= 15 is 0 Å². The van der Waals surface area contributed by atoms with Gasteiger partial charge in [-0.1, -0.05) is 97.1 Å². The van der Waals surface area contributed by atoms with E-state index in [1.807, 2.05) is 24.3 Å². The third-order valence-corrected chi connectivity index (χ3v) is 30.3. The van der Waals surface area contributed by atoms with E-state index in [-0.39, 0.29) is 84.3 Å². The molecule has 4 aliphatic heterocycles. The lowest BCUT2D eigenvalue weighted by Gasteiger charge is -2.63. The summed E-state index contributed by atoms with van der Waals surface area (Å²) in [5.41, 5.74) is -0.0892. The fourth-order valence-electron chi connectivity index (χ4n) is 19.5. The van der Waals surface area contributed by atoms with Crippen LogP contribution >= 0.6 is 0 Å². The molecule has 12 aliphatic rings. The van der Waals surface area contributed by atoms with Crippen molar-refractivity contribution in [2.24, 2.45) is 35.5 Å². The van der Waals surface area contributed by atoms with Crippen LogP contribution in [0.1, 0.15) is 148 Å². The maximum atomic E-state index is 13.7. The van der Waals surface area contributed by atoms with Crippen molar-refractivity contribution in [3.05, 3.63) is 230 Å². The van der Waals surface area contributed by atoms with Crippen molar-refractivity contribution in [2.75, 3.05) is 59.3 Å². The van der Waals surface area contributed by atoms with Crippen molar-refractivity contribution in [3.63, 3.8) is 0 Å². The molecular formula is C100H114ClF12NO14S2+2. The Morgan fingerprint density at radius 1 is 0.377 bits per heavy atom. The van der Waals surface area contributed by atoms with Crippen LogP contribution in [-0.4, -0.2) is 142 Å². The smallest absolute Gasteiger partial charge is 0.377 e. The molecule has 0 amide bonds. The molecule has 8 bridgehead atoms. The summed E-state index contributed by atoms with van der Waals surface area (Å²) in [6, 6.07) is 75.9. The molecule has 8 aromatic carbocycles. The summed E-state index contributed by atoms with van der Waals surface area (Å²) in [4.78, 5) is 32.9. The SMILES string of the molecule is CC(F)(F)C(=O)OC12CC3CC(C1)C1(OCC(F)(F)C(F)(F)CO1)C(C3)C2.CC(F)(F)C(=O)OC12CC3CC(C1)C1(OCC(F)(F)C(F)(F)CO1)C(C3)C2.CC[NH+](CC)CC.[Cl-].c1ccc([S+](c2ccccc2)c2ccc(OCc3ccc(OC4CCCCO4)cc3)cc2)cc1.c1ccc([S+](c2ccccc2)c2ccc(OCc3ccc(OC4CCCCO4)cc3)cc2)cc1. The van der Waals surface area contributed by atoms with Crippen LogP contribution in [-0.2, 0) is 82.5 Å². The lowest BCUT2D eigenvalue weighted by Crippen LogP contribution is -3.11. The summed E-state index contributed by atoms with van der Waals surface area (Å²) in [6.07, 6.45) is 9.17. The number of quaternary nitrogens is 1. The van der Waals surface area contributed by atoms with Crippen LogP contribution in [0.2, 0.25) is 0 Å². The number of carbonyl (C=O) groups is 2. The molecule has 0 radical (unpaired) electrons. The number of hydrogen-bond donors (Lipinski definition) is 1. The van der Waals surface area contributed by atoms with Gasteiger partial charge in [0.15, 0.2) is 53.5 Å². The van der Waals surface area contributed by atoms with Crippen molar-refractivity contribution in [2.45, 2.75) is 251 Å². The number of rotatable bonds is 23. The van der Waals surface area contributed by atoms with E-state index < -0.39 is 120 Å². The van der Waals surface area contributed by atoms with Gasteiger partial charge in [-0.2, -0.15) is 52.7 Å². The first-order valence-electron chi connectivity index (χ1n) is 44.6. The molecule has 704 valence electrons. The second-order valence-electron chi connectivity index (χ2n) is 35.3. The number of nitrogens with one attached hydrogen (secondary N) is 1. The largest absolute Gasteiger partial charge is 1.00 e. The fourth-order valence-corrected chi connectivity index (χ4v) is 23.7. The van der Waals surface area contributed by atoms with E-state index in [9.17, 15) is 62.3 Å². The zero-order valence-electron chi connectivity index (χ0n) is 73.4. The Morgan fingerprint density at radius 2 is 0.646 bits per heavy atom. The first-order valence-corrected chi connectivity index (χ1v) is 47.1. The third-order valence-electron chi connectivity index (χ3n) is 25.9. The molecule has 1 N–H and O–H groups in total. The van der Waals surface area contributed by atoms with Crippen LogP contribution in [0.25, 0.3) is 0 Å². The summed E-state index contributed by atoms with van der Waals surface area (Å²) >= 11 is 0. The van der Waals surface area contributed by atoms with Gasteiger partial charge in [-0.05, 0) is 255 Å². The highest BCUT2D eigenvalue weighted by molar-refractivity contribution is 7.97. The molecule has 6 atom stereocenters. The van der Waals surface area contributed by atoms with Crippen LogP contribution in [0.3, 0.4) is 0 Å². The van der Waals surface area contributed by atoms with Crippen molar-refractivity contribution in [1.82, 2.24) is 0 Å². The van der Waals surface area contributed by atoms with Crippen LogP contribution in [0.15, 0.2) is 248 Å². The molecule has 6 unspecified atom stereocenters. The molecular weight excluding hydrogens is 1770 g/mol. The maximum absolute atomic E-state index is 13.7. The number of ether oxygens (including phenoxy) is 12. The topological polar surface area (TPSA) is 149 Å². The maximum Gasteiger partial charge on any atom is 0.377 e. The van der Waals surface area contributed by atoms with Gasteiger partial charge in [-0.15, -0.1) is 0 Å². The molecule has 8 aliphatic carbocycles. The van der Waals surface area contributed by atoms with Crippen LogP contribution < -0.4 is 36.3 Å². The minimum Gasteiger partial charge on any atom is -1.00 e. The number of hydrogen-bond acceptors (Lipinski definition) is 14. The highest BCUT2D eigenvalue weighted by Gasteiger charge is 2.72. The van der Waals surface area contributed by atoms with Crippen molar-refractivity contribution < 1.29 is 136 Å². The van der Waals surface area contributed by atoms with Gasteiger partial charge in [0, 0.05) is 50.4 Å². The summed E-state index contributed by atoms with van der Waals surface area (Å²) in [5, 5.41) is 0. The average molecular weight is 1880 g/mol. The van der Waals surface area contributed by atoms with Gasteiger partial charge in [0.25, 0.3) is 0 Å². The van der Waals surface area contributed by atoms with Gasteiger partial charge >= 0.3 is 47.5 Å². The monoisotopic (exact) mass is 1880 g/mol. The molecule has 8 aromatic rings. The summed E-state index contributed by atoms with van der Waals surface area (Å²) in [7, 11) is -0.297. The highest BCUT2D eigenvalue weighted by atomic mass is 35.5. The van der Waals surface area contributed by atoms with E-state index in [1.165, 1.54) is 49.0 Å². The minimum absolute atomic E-state index is 0. The molecule has 130 heavy (non-hydrogen) atoms. The van der Waals surface area contributed by atoms with Crippen LogP contribution in [0.4, 0.5) is 52.7 Å². The highest BCUT2D eigenvalue weighted by Crippen LogP contribution is 2.66. The predicted molar refractivity (Wildman–Crippen MR) is 461 cm³/mol. The molecule has 2 spiro atoms. The van der Waals surface area contributed by atoms with E-state index in [1.54, 1.807) is 4.90 Å². The first kappa shape index (κ1) is 99.3. The molecule has 8 saturated carbocycles. The zero-order chi connectivity index (χ0) is 91.5. The van der Waals surface area contributed by atoms with Crippen molar-refractivity contribution in [1.29, 1.82) is 0 Å². The average Bonchev–Trinajstić information content (AvgIpc) is 1.23. The normalized spacial score (nSPS) is 26.0. The Balaban J connectivity index is 0.000000144. The van der Waals surface area contributed by atoms with E-state index in [2.05, 4.69) is 215 Å². The zero-order valence-corrected chi connectivity index (χ0v) is 75.8. The van der Waals surface area contributed by atoms with Gasteiger partial charge < -0.3 is 74.1 Å². The molecule has 12 fully saturated rings. The predicted octanol–water partition coefficient (Wildman–Crippen LogP) is 19.0. The lowest BCUT2D eigenvalue weighted by atomic mass is 9.51. The van der Waals surface area contributed by atoms with Crippen LogP contribution in [0.5, 0.6) is 23.0 Å². The standard InChI is InChI=1S/2C30H29O3S.2C17H20F6O4.C6H15N.ClH/c2*1-3-9-27(10-4-1)34(28-11-5-2-6-12-28)29-20-18-25(19-21-29)32-23-24-14-16-26(17-15-24)33-30-13-7-8-22-31-30;2*1-13(18,19)12(24)27-14-4-9-2-10(5-14)17(11(3-9)6-14)25-7-15(20,21)16(22,23)8-26-17;1-4-7(5-2)6-3;/h2*1-6,9-12,14-21,30H,7-8,13,22-23H2;2*9-11H,2-8H2,1H3;4-6H2,1-3H3;1H/q2*+1;;;;. The molecule has 4 heterocycles. The number of halogens is 13. The number of esters is 2. The Kier molecular flexibility index (Phi) is 32.5. The lowest BCUT2D eigenvalue weighted by molar-refractivity contribution is -0.894. The van der Waals surface area contributed by atoms with Gasteiger partial charge in [0.1, 0.15) is 73.8 Å². The summed E-state index contributed by atoms with van der Waals surface area (Å²) in [6.45, 7) is 8.08. The minimum atomic E-state index is -4.36. The Morgan fingerprint density at radius 3 is 0.892 bits per heavy atom. The summed E-state index contributed by atoms with van der Waals surface area (Å²) in [5.74, 6) is -30.1. The first-order chi connectivity index (χ1) is 61.6. The Bertz CT molecular complexity index is 4430. The number of carbonyl (C=O) groups excluding carboxylic acids is 2. The Hall–Kier alpha value is -8.23. The number of benzene rings is 8. The van der Waals surface area contributed by atoms with E-state index in [0.29, 0.717) is 65.6 Å². The second-order valence-corrected chi connectivity index (χ2v) is 39.4. The second kappa shape index (κ2) is 42.6. The Labute approximate surface area is 764 Å². The molecule has 15 nitrogen and oxygen atoms in total. The van der Waals surface area contributed by atoms with Gasteiger partial charge in [0.05, 0.1) is 54.6 Å². The van der Waals surface area contributed by atoms with Crippen molar-refractivity contribution in [3.8, 4) is 23.0 Å². The van der Waals surface area contributed by atoms with E-state index in [0.717, 1.165) is 85.9 Å². The van der Waals surface area contributed by atoms with Crippen molar-refractivity contribution >= 4 is 33.7 Å². The quantitative estimate of drug-likeness (QED) is 0.0368. The van der Waals surface area contributed by atoms with Gasteiger partial charge in [-0.3, -0.25) is 0 Å². The van der Waals surface area contributed by atoms with E-state index in [4.69, 9.17) is 56.8 Å². The third kappa shape index (κ3) is 23.9. The van der Waals surface area contributed by atoms with Crippen LogP contribution in [0, 0.1) is 35.5 Å². The molecule has 20 rings (SSSR count).